The molecular weight excluding hydrogens is 419 g/mol. The number of anilines is 1. The number of rotatable bonds is 4. The summed E-state index contributed by atoms with van der Waals surface area (Å²) in [4.78, 5) is 24.8. The van der Waals surface area contributed by atoms with E-state index in [1.165, 1.54) is 23.9 Å². The minimum absolute atomic E-state index is 0.169. The van der Waals surface area contributed by atoms with Crippen LogP contribution >= 0.6 is 27.7 Å². The van der Waals surface area contributed by atoms with Crippen LogP contribution in [0.4, 0.5) is 10.1 Å². The number of thioether (sulfide) groups is 1. The molecule has 1 fully saturated rings. The number of hydrogen-bond donors (Lipinski definition) is 2. The monoisotopic (exact) mass is 436 g/mol. The molecule has 3 rings (SSSR count). The number of benzene rings is 2. The van der Waals surface area contributed by atoms with Gasteiger partial charge in [0.2, 0.25) is 11.8 Å². The van der Waals surface area contributed by atoms with Crippen molar-refractivity contribution in [1.82, 2.24) is 5.32 Å². The minimum atomic E-state index is -0.569. The van der Waals surface area contributed by atoms with E-state index < -0.39 is 6.04 Å². The van der Waals surface area contributed by atoms with Crippen molar-refractivity contribution in [2.45, 2.75) is 24.6 Å². The highest BCUT2D eigenvalue weighted by atomic mass is 79.9. The van der Waals surface area contributed by atoms with Crippen molar-refractivity contribution < 1.29 is 14.0 Å². The van der Waals surface area contributed by atoms with Crippen molar-refractivity contribution in [3.8, 4) is 0 Å². The summed E-state index contributed by atoms with van der Waals surface area (Å²) < 4.78 is 13.9. The summed E-state index contributed by atoms with van der Waals surface area (Å²) in [6.45, 7) is 1.94. The fourth-order valence-corrected chi connectivity index (χ4v) is 4.11. The molecule has 0 bridgehead atoms. The fraction of sp³-hybridized carbons (Fsp3) is 0.263. The van der Waals surface area contributed by atoms with E-state index in [0.29, 0.717) is 17.9 Å². The highest BCUT2D eigenvalue weighted by Crippen LogP contribution is 2.24. The van der Waals surface area contributed by atoms with Gasteiger partial charge in [0.15, 0.2) is 0 Å². The molecule has 0 saturated carbocycles. The van der Waals surface area contributed by atoms with Crippen LogP contribution < -0.4 is 10.6 Å². The summed E-state index contributed by atoms with van der Waals surface area (Å²) in [6.07, 6.45) is 0.511. The van der Waals surface area contributed by atoms with Gasteiger partial charge in [-0.3, -0.25) is 9.59 Å². The number of hydrogen-bond acceptors (Lipinski definition) is 3. The summed E-state index contributed by atoms with van der Waals surface area (Å²) in [7, 11) is 0. The smallest absolute Gasteiger partial charge is 0.247 e. The Morgan fingerprint density at radius 3 is 2.69 bits per heavy atom. The summed E-state index contributed by atoms with van der Waals surface area (Å²) in [6, 6.07) is 11.1. The molecule has 1 heterocycles. The molecule has 0 radical (unpaired) electrons. The summed E-state index contributed by atoms with van der Waals surface area (Å²) in [5, 5.41) is 5.35. The lowest BCUT2D eigenvalue weighted by Gasteiger charge is -2.28. The fourth-order valence-electron chi connectivity index (χ4n) is 2.67. The maximum Gasteiger partial charge on any atom is 0.247 e. The van der Waals surface area contributed by atoms with E-state index in [2.05, 4.69) is 26.6 Å². The molecule has 0 unspecified atom stereocenters. The van der Waals surface area contributed by atoms with Gasteiger partial charge in [-0.2, -0.15) is 0 Å². The third-order valence-corrected chi connectivity index (χ3v) is 6.35. The van der Waals surface area contributed by atoms with Gasteiger partial charge in [0.25, 0.3) is 0 Å². The molecule has 7 heteroatoms. The number of halogens is 2. The van der Waals surface area contributed by atoms with Gasteiger partial charge in [0.1, 0.15) is 11.9 Å². The van der Waals surface area contributed by atoms with Crippen LogP contribution in [0.5, 0.6) is 0 Å². The average molecular weight is 437 g/mol. The maximum atomic E-state index is 13.0. The van der Waals surface area contributed by atoms with Gasteiger partial charge < -0.3 is 10.6 Å². The molecule has 1 aliphatic rings. The Bertz CT molecular complexity index is 829. The Balaban J connectivity index is 1.57. The van der Waals surface area contributed by atoms with Gasteiger partial charge in [-0.05, 0) is 54.8 Å². The minimum Gasteiger partial charge on any atom is -0.343 e. The highest BCUT2D eigenvalue weighted by molar-refractivity contribution is 9.10. The molecule has 26 heavy (non-hydrogen) atoms. The quantitative estimate of drug-likeness (QED) is 0.768. The van der Waals surface area contributed by atoms with Crippen LogP contribution in [0.2, 0.25) is 0 Å². The predicted octanol–water partition coefficient (Wildman–Crippen LogP) is 3.68. The molecule has 1 aliphatic heterocycles. The van der Waals surface area contributed by atoms with Gasteiger partial charge in [-0.25, -0.2) is 4.39 Å². The first kappa shape index (κ1) is 18.9. The van der Waals surface area contributed by atoms with E-state index >= 15 is 0 Å². The predicted molar refractivity (Wildman–Crippen MR) is 106 cm³/mol. The second-order valence-corrected chi connectivity index (χ2v) is 8.26. The Labute approximate surface area is 164 Å². The van der Waals surface area contributed by atoms with Crippen molar-refractivity contribution in [2.75, 3.05) is 11.1 Å². The first-order chi connectivity index (χ1) is 12.4. The van der Waals surface area contributed by atoms with E-state index in [9.17, 15) is 14.0 Å². The van der Waals surface area contributed by atoms with Crippen molar-refractivity contribution >= 4 is 45.2 Å². The van der Waals surface area contributed by atoms with E-state index in [0.717, 1.165) is 15.6 Å². The molecular formula is C19H18BrFN2O2S. The second kappa shape index (κ2) is 8.22. The van der Waals surface area contributed by atoms with E-state index in [1.54, 1.807) is 12.1 Å². The number of nitrogens with one attached hydrogen (secondary N) is 2. The molecule has 0 aliphatic carbocycles. The summed E-state index contributed by atoms with van der Waals surface area (Å²) in [5.41, 5.74) is 2.61. The number of amides is 2. The normalized spacial score (nSPS) is 19.7. The van der Waals surface area contributed by atoms with Crippen molar-refractivity contribution in [3.05, 3.63) is 63.9 Å². The molecule has 1 saturated heterocycles. The molecule has 0 aromatic heterocycles. The molecule has 136 valence electrons. The standard InChI is InChI=1S/C19H18BrFN2O2S/c1-11-8-14(6-7-15(11)20)22-18(24)16-10-26-17(19(25)23-16)9-12-2-4-13(21)5-3-12/h2-8,16-17H,9-10H2,1H3,(H,22,24)(H,23,25)/t16-,17-/m0/s1. The average Bonchev–Trinajstić information content (AvgIpc) is 2.61. The van der Waals surface area contributed by atoms with Crippen LogP contribution in [-0.4, -0.2) is 28.9 Å². The SMILES string of the molecule is Cc1cc(NC(=O)[C@@H]2CS[C@@H](Cc3ccc(F)cc3)C(=O)N2)ccc1Br. The lowest BCUT2D eigenvalue weighted by atomic mass is 10.1. The van der Waals surface area contributed by atoms with Crippen LogP contribution in [0.25, 0.3) is 0 Å². The zero-order valence-electron chi connectivity index (χ0n) is 14.1. The number of carbonyl (C=O) groups is 2. The van der Waals surface area contributed by atoms with Crippen molar-refractivity contribution in [3.63, 3.8) is 0 Å². The molecule has 2 atom stereocenters. The van der Waals surface area contributed by atoms with Crippen LogP contribution in [0.1, 0.15) is 11.1 Å². The Kier molecular flexibility index (Phi) is 5.98. The Morgan fingerprint density at radius 2 is 2.04 bits per heavy atom. The Morgan fingerprint density at radius 1 is 1.31 bits per heavy atom. The van der Waals surface area contributed by atoms with E-state index in [1.807, 2.05) is 25.1 Å². The number of carbonyl (C=O) groups excluding carboxylic acids is 2. The molecule has 4 nitrogen and oxygen atoms in total. The zero-order valence-corrected chi connectivity index (χ0v) is 16.5. The topological polar surface area (TPSA) is 58.2 Å². The first-order valence-electron chi connectivity index (χ1n) is 8.16. The largest absolute Gasteiger partial charge is 0.343 e. The van der Waals surface area contributed by atoms with E-state index in [4.69, 9.17) is 0 Å². The van der Waals surface area contributed by atoms with Crippen LogP contribution in [0.3, 0.4) is 0 Å². The zero-order chi connectivity index (χ0) is 18.7. The van der Waals surface area contributed by atoms with Crippen LogP contribution in [-0.2, 0) is 16.0 Å². The highest BCUT2D eigenvalue weighted by Gasteiger charge is 2.32. The third-order valence-electron chi connectivity index (χ3n) is 4.15. The summed E-state index contributed by atoms with van der Waals surface area (Å²) >= 11 is 4.87. The molecule has 0 spiro atoms. The van der Waals surface area contributed by atoms with Crippen LogP contribution in [0, 0.1) is 12.7 Å². The van der Waals surface area contributed by atoms with Gasteiger partial charge >= 0.3 is 0 Å². The lowest BCUT2D eigenvalue weighted by Crippen LogP contribution is -2.52. The van der Waals surface area contributed by atoms with E-state index in [-0.39, 0.29) is 22.9 Å². The lowest BCUT2D eigenvalue weighted by molar-refractivity contribution is -0.126. The van der Waals surface area contributed by atoms with Crippen molar-refractivity contribution in [1.29, 1.82) is 0 Å². The third kappa shape index (κ3) is 4.65. The van der Waals surface area contributed by atoms with Crippen LogP contribution in [0.15, 0.2) is 46.9 Å². The molecule has 2 amide bonds. The Hall–Kier alpha value is -1.86. The number of aryl methyl sites for hydroxylation is 1. The van der Waals surface area contributed by atoms with Gasteiger partial charge in [0, 0.05) is 15.9 Å². The second-order valence-electron chi connectivity index (χ2n) is 6.17. The molecule has 2 aromatic rings. The van der Waals surface area contributed by atoms with Crippen molar-refractivity contribution in [2.24, 2.45) is 0 Å². The van der Waals surface area contributed by atoms with Gasteiger partial charge in [-0.15, -0.1) is 11.8 Å². The molecule has 2 aromatic carbocycles. The van der Waals surface area contributed by atoms with Gasteiger partial charge in [0.05, 0.1) is 5.25 Å². The van der Waals surface area contributed by atoms with Gasteiger partial charge in [-0.1, -0.05) is 28.1 Å². The maximum absolute atomic E-state index is 13.0. The summed E-state index contributed by atoms with van der Waals surface area (Å²) in [5.74, 6) is -0.196. The first-order valence-corrected chi connectivity index (χ1v) is 10.00. The molecule has 2 N–H and O–H groups in total.